The van der Waals surface area contributed by atoms with E-state index in [0.717, 1.165) is 45.1 Å². The fourth-order valence-electron chi connectivity index (χ4n) is 8.83. The molecule has 0 aromatic heterocycles. The van der Waals surface area contributed by atoms with Crippen LogP contribution < -0.4 is 0 Å². The summed E-state index contributed by atoms with van der Waals surface area (Å²) < 4.78 is 24.7. The minimum atomic E-state index is -2.09. The molecule has 0 radical (unpaired) electrons. The number of cyclic esters (lactones) is 1. The van der Waals surface area contributed by atoms with E-state index in [0.29, 0.717) is 38.0 Å². The SMILES string of the molecule is COCOC[C@]12CCCCCCCCCC(=O)N3CC[C@@H]4[C@H](CN5C(=O)O[C@H](CO[Si](C)(C)C(C)(C)C)[C@@]45[C@@H]31)C2. The van der Waals surface area contributed by atoms with E-state index < -0.39 is 13.9 Å². The average molecular weight is 579 g/mol. The Kier molecular flexibility index (Phi) is 8.71. The van der Waals surface area contributed by atoms with Gasteiger partial charge in [0.1, 0.15) is 12.3 Å². The van der Waals surface area contributed by atoms with E-state index in [1.165, 1.54) is 25.7 Å². The van der Waals surface area contributed by atoms with Gasteiger partial charge in [-0.05, 0) is 55.7 Å². The third-order valence-corrected chi connectivity index (χ3v) is 16.1. The summed E-state index contributed by atoms with van der Waals surface area (Å²) in [5, 5.41) is 0.0552. The highest BCUT2D eigenvalue weighted by molar-refractivity contribution is 6.74. The quantitative estimate of drug-likeness (QED) is 0.211. The topological polar surface area (TPSA) is 77.5 Å². The predicted octanol–water partition coefficient (Wildman–Crippen LogP) is 5.95. The maximum atomic E-state index is 14.1. The third kappa shape index (κ3) is 5.05. The molecular weight excluding hydrogens is 524 g/mol. The minimum Gasteiger partial charge on any atom is -0.441 e. The van der Waals surface area contributed by atoms with Crippen LogP contribution in [-0.4, -0.2) is 88.0 Å². The predicted molar refractivity (Wildman–Crippen MR) is 156 cm³/mol. The monoisotopic (exact) mass is 578 g/mol. The van der Waals surface area contributed by atoms with Gasteiger partial charge >= 0.3 is 6.09 Å². The number of hydrogen-bond acceptors (Lipinski definition) is 6. The Hall–Kier alpha value is -1.16. The van der Waals surface area contributed by atoms with Gasteiger partial charge in [0.2, 0.25) is 5.91 Å². The van der Waals surface area contributed by atoms with E-state index in [2.05, 4.69) is 43.7 Å². The summed E-state index contributed by atoms with van der Waals surface area (Å²) in [6, 6.07) is -0.137. The van der Waals surface area contributed by atoms with Crippen LogP contribution in [-0.2, 0) is 23.4 Å². The molecule has 2 amide bonds. The standard InChI is InChI=1S/C31H54N2O6Si/c1-29(2,3)40(5,6)38-20-25-31-24-15-17-32-26(34)14-12-10-8-7-9-11-13-16-30(27(31)32,21-37-22-36-4)18-23(24)19-33(31)28(35)39-25/h23-25,27H,7-22H2,1-6H3/t23-,24+,25+,27-,30+,31+/m0/s1. The summed E-state index contributed by atoms with van der Waals surface area (Å²) in [5.74, 6) is 0.938. The Morgan fingerprint density at radius 2 is 1.75 bits per heavy atom. The van der Waals surface area contributed by atoms with Crippen molar-refractivity contribution in [3.8, 4) is 0 Å². The summed E-state index contributed by atoms with van der Waals surface area (Å²) in [7, 11) is -0.424. The first kappa shape index (κ1) is 30.3. The summed E-state index contributed by atoms with van der Waals surface area (Å²) in [5.41, 5.74) is -0.811. The molecule has 8 nitrogen and oxygen atoms in total. The zero-order valence-electron chi connectivity index (χ0n) is 26.0. The molecule has 1 spiro atoms. The van der Waals surface area contributed by atoms with Crippen molar-refractivity contribution < 1.29 is 28.2 Å². The van der Waals surface area contributed by atoms with Crippen molar-refractivity contribution in [3.05, 3.63) is 0 Å². The average Bonchev–Trinajstić information content (AvgIpc) is 3.29. The Balaban J connectivity index is 1.59. The Bertz CT molecular complexity index is 939. The van der Waals surface area contributed by atoms with Crippen molar-refractivity contribution in [1.29, 1.82) is 0 Å². The first-order valence-corrected chi connectivity index (χ1v) is 18.9. The summed E-state index contributed by atoms with van der Waals surface area (Å²) >= 11 is 0. The van der Waals surface area contributed by atoms with Gasteiger partial charge in [0.15, 0.2) is 14.4 Å². The molecule has 0 unspecified atom stereocenters. The molecule has 40 heavy (non-hydrogen) atoms. The van der Waals surface area contributed by atoms with E-state index in [-0.39, 0.29) is 41.4 Å². The number of carbonyl (C=O) groups excluding carboxylic acids is 2. The number of rotatable bonds is 7. The molecule has 228 valence electrons. The van der Waals surface area contributed by atoms with Gasteiger partial charge in [-0.2, -0.15) is 0 Å². The van der Waals surface area contributed by atoms with Crippen LogP contribution in [0.25, 0.3) is 0 Å². The normalized spacial score (nSPS) is 37.0. The van der Waals surface area contributed by atoms with Crippen molar-refractivity contribution in [2.75, 3.05) is 40.2 Å². The van der Waals surface area contributed by atoms with Crippen LogP contribution in [0.4, 0.5) is 4.79 Å². The van der Waals surface area contributed by atoms with Crippen LogP contribution in [0.3, 0.4) is 0 Å². The highest BCUT2D eigenvalue weighted by Crippen LogP contribution is 2.65. The molecule has 1 aliphatic carbocycles. The molecule has 5 fully saturated rings. The molecule has 4 aliphatic heterocycles. The van der Waals surface area contributed by atoms with Gasteiger partial charge in [-0.3, -0.25) is 9.69 Å². The van der Waals surface area contributed by atoms with Crippen LogP contribution in [0.15, 0.2) is 0 Å². The lowest BCUT2D eigenvalue weighted by molar-refractivity contribution is -0.185. The smallest absolute Gasteiger partial charge is 0.410 e. The molecule has 6 atom stereocenters. The molecule has 4 saturated heterocycles. The third-order valence-electron chi connectivity index (χ3n) is 11.6. The number of hydrogen-bond donors (Lipinski definition) is 0. The maximum absolute atomic E-state index is 14.1. The second-order valence-electron chi connectivity index (χ2n) is 14.9. The van der Waals surface area contributed by atoms with Crippen LogP contribution in [0.5, 0.6) is 0 Å². The Labute approximate surface area is 242 Å². The summed E-state index contributed by atoms with van der Waals surface area (Å²) in [6.45, 7) is 13.9. The zero-order valence-corrected chi connectivity index (χ0v) is 27.0. The molecule has 0 N–H and O–H groups in total. The van der Waals surface area contributed by atoms with Crippen LogP contribution in [0, 0.1) is 17.3 Å². The lowest BCUT2D eigenvalue weighted by atomic mass is 9.51. The van der Waals surface area contributed by atoms with Crippen LogP contribution in [0.1, 0.15) is 91.4 Å². The van der Waals surface area contributed by atoms with E-state index in [4.69, 9.17) is 18.6 Å². The van der Waals surface area contributed by atoms with Crippen LogP contribution in [0.2, 0.25) is 18.1 Å². The summed E-state index contributed by atoms with van der Waals surface area (Å²) in [6.07, 6.45) is 10.9. The summed E-state index contributed by atoms with van der Waals surface area (Å²) in [4.78, 5) is 32.0. The molecule has 5 rings (SSSR count). The lowest BCUT2D eigenvalue weighted by Gasteiger charge is -2.63. The fourth-order valence-corrected chi connectivity index (χ4v) is 9.83. The zero-order chi connectivity index (χ0) is 28.8. The van der Waals surface area contributed by atoms with Gasteiger partial charge in [-0.25, -0.2) is 4.79 Å². The van der Waals surface area contributed by atoms with E-state index in [1.807, 2.05) is 0 Å². The van der Waals surface area contributed by atoms with Gasteiger partial charge < -0.3 is 23.5 Å². The molecule has 4 bridgehead atoms. The first-order chi connectivity index (χ1) is 19.0. The van der Waals surface area contributed by atoms with E-state index in [9.17, 15) is 9.59 Å². The van der Waals surface area contributed by atoms with Gasteiger partial charge in [-0.15, -0.1) is 0 Å². The molecular formula is C31H54N2O6Si. The van der Waals surface area contributed by atoms with E-state index >= 15 is 0 Å². The fraction of sp³-hybridized carbons (Fsp3) is 0.935. The lowest BCUT2D eigenvalue weighted by Crippen LogP contribution is -2.77. The number of methoxy groups -OCH3 is 1. The number of carbonyl (C=O) groups is 2. The first-order valence-electron chi connectivity index (χ1n) is 16.0. The van der Waals surface area contributed by atoms with Crippen molar-refractivity contribution in [2.24, 2.45) is 17.3 Å². The van der Waals surface area contributed by atoms with E-state index in [1.54, 1.807) is 7.11 Å². The van der Waals surface area contributed by atoms with Crippen molar-refractivity contribution in [1.82, 2.24) is 9.80 Å². The highest BCUT2D eigenvalue weighted by Gasteiger charge is 2.77. The second-order valence-corrected chi connectivity index (χ2v) is 19.7. The number of amides is 2. The van der Waals surface area contributed by atoms with Crippen molar-refractivity contribution in [2.45, 2.75) is 127 Å². The molecule has 0 aromatic rings. The van der Waals surface area contributed by atoms with Gasteiger partial charge in [-0.1, -0.05) is 59.3 Å². The van der Waals surface area contributed by atoms with Gasteiger partial charge in [0, 0.05) is 32.0 Å². The Morgan fingerprint density at radius 3 is 2.45 bits per heavy atom. The number of piperidine rings is 1. The molecule has 9 heteroatoms. The van der Waals surface area contributed by atoms with Crippen molar-refractivity contribution in [3.63, 3.8) is 0 Å². The van der Waals surface area contributed by atoms with Crippen LogP contribution >= 0.6 is 0 Å². The van der Waals surface area contributed by atoms with Crippen molar-refractivity contribution >= 4 is 20.3 Å². The van der Waals surface area contributed by atoms with Gasteiger partial charge in [0.05, 0.1) is 19.3 Å². The van der Waals surface area contributed by atoms with Gasteiger partial charge in [0.25, 0.3) is 0 Å². The minimum absolute atomic E-state index is 0.0552. The maximum Gasteiger partial charge on any atom is 0.410 e. The largest absolute Gasteiger partial charge is 0.441 e. The Morgan fingerprint density at radius 1 is 1.05 bits per heavy atom. The number of nitrogens with zero attached hydrogens (tertiary/aromatic N) is 2. The highest BCUT2D eigenvalue weighted by atomic mass is 28.4. The second kappa shape index (κ2) is 11.5. The molecule has 0 aromatic carbocycles. The molecule has 4 heterocycles. The number of ether oxygens (including phenoxy) is 3. The molecule has 1 saturated carbocycles. The molecule has 5 aliphatic rings.